The van der Waals surface area contributed by atoms with Crippen molar-refractivity contribution in [2.24, 2.45) is 0 Å². The highest BCUT2D eigenvalue weighted by atomic mass is 31.2. The van der Waals surface area contributed by atoms with E-state index in [9.17, 15) is 24.2 Å². The molecule has 0 aliphatic rings. The molecule has 0 saturated carbocycles. The smallest absolute Gasteiger partial charge is 0.462 e. The van der Waals surface area contributed by atoms with Gasteiger partial charge < -0.3 is 24.6 Å². The number of phosphoric acid groups is 1. The fourth-order valence-electron chi connectivity index (χ4n) is 6.14. The Morgan fingerprint density at radius 3 is 1.41 bits per heavy atom. The van der Waals surface area contributed by atoms with Crippen LogP contribution in [0.5, 0.6) is 0 Å². The van der Waals surface area contributed by atoms with Crippen molar-refractivity contribution in [3.05, 3.63) is 60.8 Å². The predicted octanol–water partition coefficient (Wildman–Crippen LogP) is 12.7. The first-order valence-corrected chi connectivity index (χ1v) is 24.7. The molecule has 0 bridgehead atoms. The van der Waals surface area contributed by atoms with Crippen molar-refractivity contribution >= 4 is 19.8 Å². The molecular weight excluding hydrogens is 767 g/mol. The van der Waals surface area contributed by atoms with Crippen LogP contribution in [0.15, 0.2) is 60.8 Å². The summed E-state index contributed by atoms with van der Waals surface area (Å²) >= 11 is 0. The van der Waals surface area contributed by atoms with Crippen molar-refractivity contribution < 1.29 is 47.8 Å². The van der Waals surface area contributed by atoms with Gasteiger partial charge in [0.2, 0.25) is 0 Å². The first-order chi connectivity index (χ1) is 28.7. The zero-order chi connectivity index (χ0) is 43.3. The summed E-state index contributed by atoms with van der Waals surface area (Å²) < 4.78 is 32.8. The lowest BCUT2D eigenvalue weighted by Gasteiger charge is -2.20. The molecule has 11 heteroatoms. The Morgan fingerprint density at radius 2 is 0.932 bits per heavy atom. The van der Waals surface area contributed by atoms with Gasteiger partial charge in [-0.15, -0.1) is 0 Å². The molecule has 10 nitrogen and oxygen atoms in total. The summed E-state index contributed by atoms with van der Waals surface area (Å²) in [5.74, 6) is -0.960. The summed E-state index contributed by atoms with van der Waals surface area (Å²) in [6, 6.07) is 0. The topological polar surface area (TPSA) is 149 Å². The van der Waals surface area contributed by atoms with Gasteiger partial charge in [0.25, 0.3) is 0 Å². The van der Waals surface area contributed by atoms with Gasteiger partial charge in [-0.3, -0.25) is 18.6 Å². The highest BCUT2D eigenvalue weighted by molar-refractivity contribution is 7.47. The monoisotopic (exact) mass is 853 g/mol. The van der Waals surface area contributed by atoms with Gasteiger partial charge in [0.05, 0.1) is 19.8 Å². The molecule has 0 aliphatic heterocycles. The van der Waals surface area contributed by atoms with Gasteiger partial charge in [-0.1, -0.05) is 184 Å². The van der Waals surface area contributed by atoms with Gasteiger partial charge in [-0.05, 0) is 57.8 Å². The Morgan fingerprint density at radius 1 is 0.525 bits per heavy atom. The van der Waals surface area contributed by atoms with Crippen LogP contribution in [0, 0.1) is 0 Å². The number of rotatable bonds is 43. The van der Waals surface area contributed by atoms with Crippen molar-refractivity contribution in [2.75, 3.05) is 26.4 Å². The lowest BCUT2D eigenvalue weighted by molar-refractivity contribution is -0.161. The summed E-state index contributed by atoms with van der Waals surface area (Å²) in [6.45, 7) is 2.24. The molecule has 0 aromatic carbocycles. The number of carbonyl (C=O) groups is 2. The van der Waals surface area contributed by atoms with E-state index in [0.29, 0.717) is 12.8 Å². The van der Waals surface area contributed by atoms with Crippen molar-refractivity contribution in [3.8, 4) is 0 Å². The van der Waals surface area contributed by atoms with Crippen molar-refractivity contribution in [2.45, 2.75) is 206 Å². The highest BCUT2D eigenvalue weighted by Gasteiger charge is 2.27. The normalized spacial score (nSPS) is 14.3. The van der Waals surface area contributed by atoms with Gasteiger partial charge in [-0.2, -0.15) is 0 Å². The Labute approximate surface area is 359 Å². The highest BCUT2D eigenvalue weighted by Crippen LogP contribution is 2.43. The molecule has 0 aromatic rings. The van der Waals surface area contributed by atoms with Crippen LogP contribution in [0.25, 0.3) is 0 Å². The van der Waals surface area contributed by atoms with Crippen molar-refractivity contribution in [3.63, 3.8) is 0 Å². The van der Waals surface area contributed by atoms with E-state index >= 15 is 0 Å². The summed E-state index contributed by atoms with van der Waals surface area (Å²) in [5.41, 5.74) is 0. The van der Waals surface area contributed by atoms with Crippen LogP contribution in [-0.2, 0) is 32.7 Å². The van der Waals surface area contributed by atoms with Crippen LogP contribution in [0.4, 0.5) is 0 Å². The summed E-state index contributed by atoms with van der Waals surface area (Å²) in [7, 11) is -4.63. The minimum absolute atomic E-state index is 0.177. The maximum Gasteiger partial charge on any atom is 0.472 e. The number of hydrogen-bond acceptors (Lipinski definition) is 9. The SMILES string of the molecule is CC/C=C\C/C=C\C/C=C\C/C=C\C/C=C\CCCCCC(=O)OC[C@H](COP(=O)(O)OC[C@@H](O)CO)OC(=O)CCCCCCCCCCCCCCCCCCC. The second kappa shape index (κ2) is 43.7. The van der Waals surface area contributed by atoms with Gasteiger partial charge in [0.1, 0.15) is 12.7 Å². The third-order valence-corrected chi connectivity index (χ3v) is 10.6. The van der Waals surface area contributed by atoms with Gasteiger partial charge in [-0.25, -0.2) is 4.57 Å². The number of carbonyl (C=O) groups excluding carboxylic acids is 2. The Balaban J connectivity index is 4.31. The number of unbranched alkanes of at least 4 members (excludes halogenated alkanes) is 19. The number of ether oxygens (including phenoxy) is 2. The van der Waals surface area contributed by atoms with E-state index in [1.165, 1.54) is 83.5 Å². The number of allylic oxidation sites excluding steroid dienone is 10. The molecule has 3 N–H and O–H groups in total. The van der Waals surface area contributed by atoms with Crippen LogP contribution < -0.4 is 0 Å². The minimum atomic E-state index is -4.63. The first-order valence-electron chi connectivity index (χ1n) is 23.2. The average Bonchev–Trinajstić information content (AvgIpc) is 3.22. The molecular formula is C48H85O10P. The lowest BCUT2D eigenvalue weighted by atomic mass is 10.0. The average molecular weight is 853 g/mol. The molecule has 0 aliphatic carbocycles. The zero-order valence-corrected chi connectivity index (χ0v) is 38.1. The third-order valence-electron chi connectivity index (χ3n) is 9.69. The molecule has 0 saturated heterocycles. The summed E-state index contributed by atoms with van der Waals surface area (Å²) in [4.78, 5) is 35.1. The van der Waals surface area contributed by atoms with E-state index < -0.39 is 51.8 Å². The molecule has 0 radical (unpaired) electrons. The van der Waals surface area contributed by atoms with Gasteiger partial charge >= 0.3 is 19.8 Å². The second-order valence-corrected chi connectivity index (χ2v) is 16.9. The van der Waals surface area contributed by atoms with E-state index in [0.717, 1.165) is 70.6 Å². The van der Waals surface area contributed by atoms with Crippen LogP contribution in [0.1, 0.15) is 194 Å². The third kappa shape index (κ3) is 43.6. The number of hydrogen-bond donors (Lipinski definition) is 3. The number of phosphoric ester groups is 1. The summed E-state index contributed by atoms with van der Waals surface area (Å²) in [6.07, 6.45) is 49.0. The summed E-state index contributed by atoms with van der Waals surface area (Å²) in [5, 5.41) is 18.4. The Hall–Kier alpha value is -2.33. The van der Waals surface area contributed by atoms with Crippen LogP contribution in [0.3, 0.4) is 0 Å². The fraction of sp³-hybridized carbons (Fsp3) is 0.750. The van der Waals surface area contributed by atoms with E-state index in [-0.39, 0.29) is 19.4 Å². The predicted molar refractivity (Wildman–Crippen MR) is 242 cm³/mol. The lowest BCUT2D eigenvalue weighted by Crippen LogP contribution is -2.29. The standard InChI is InChI=1S/C48H85O10P/c1-3-5-7-9-11-13-15-17-19-21-22-24-25-27-29-31-33-35-37-39-47(51)55-43-46(44-57-59(53,54)56-42-45(50)41-49)58-48(52)40-38-36-34-32-30-28-26-23-20-18-16-14-12-10-8-6-4-2/h5,7,11,13,17,19,22,24,27,29,45-46,49-50H,3-4,6,8-10,12,14-16,18,20-21,23,25-26,28,30-44H2,1-2H3,(H,53,54)/b7-5-,13-11-,19-17-,24-22-,29-27-/t45-,46+/m0/s1. The minimum Gasteiger partial charge on any atom is -0.462 e. The van der Waals surface area contributed by atoms with E-state index in [1.54, 1.807) is 0 Å². The molecule has 0 heterocycles. The molecule has 0 amide bonds. The Bertz CT molecular complexity index is 1160. The fourth-order valence-corrected chi connectivity index (χ4v) is 6.93. The molecule has 59 heavy (non-hydrogen) atoms. The van der Waals surface area contributed by atoms with Gasteiger partial charge in [0.15, 0.2) is 6.10 Å². The zero-order valence-electron chi connectivity index (χ0n) is 37.2. The van der Waals surface area contributed by atoms with E-state index in [2.05, 4.69) is 74.6 Å². The molecule has 3 atom stereocenters. The maximum atomic E-state index is 12.6. The van der Waals surface area contributed by atoms with Crippen LogP contribution in [-0.4, -0.2) is 65.7 Å². The molecule has 342 valence electrons. The van der Waals surface area contributed by atoms with Gasteiger partial charge in [0, 0.05) is 12.8 Å². The first kappa shape index (κ1) is 56.7. The van der Waals surface area contributed by atoms with Crippen LogP contribution >= 0.6 is 7.82 Å². The molecule has 0 rings (SSSR count). The van der Waals surface area contributed by atoms with E-state index in [4.69, 9.17) is 23.6 Å². The van der Waals surface area contributed by atoms with Crippen molar-refractivity contribution in [1.82, 2.24) is 0 Å². The van der Waals surface area contributed by atoms with E-state index in [1.807, 2.05) is 0 Å². The van der Waals surface area contributed by atoms with Crippen LogP contribution in [0.2, 0.25) is 0 Å². The molecule has 0 aromatic heterocycles. The number of aliphatic hydroxyl groups excluding tert-OH is 2. The second-order valence-electron chi connectivity index (χ2n) is 15.4. The molecule has 1 unspecified atom stereocenters. The Kier molecular flexibility index (Phi) is 42.0. The molecule has 0 spiro atoms. The number of esters is 2. The quantitative estimate of drug-likeness (QED) is 0.0234. The maximum absolute atomic E-state index is 12.6. The largest absolute Gasteiger partial charge is 0.472 e. The number of aliphatic hydroxyl groups is 2. The molecule has 0 fully saturated rings. The van der Waals surface area contributed by atoms with Crippen molar-refractivity contribution in [1.29, 1.82) is 0 Å².